The molecule has 9 heteroatoms. The van der Waals surface area contributed by atoms with Crippen LogP contribution in [0.4, 0.5) is 0 Å². The minimum absolute atomic E-state index is 0.0277. The number of hydrogen-bond donors (Lipinski definition) is 1. The van der Waals surface area contributed by atoms with E-state index in [0.29, 0.717) is 36.7 Å². The van der Waals surface area contributed by atoms with Crippen LogP contribution < -0.4 is 10.2 Å². The van der Waals surface area contributed by atoms with Gasteiger partial charge in [-0.1, -0.05) is 18.5 Å². The number of aromatic amines is 1. The Morgan fingerprint density at radius 3 is 2.54 bits per heavy atom. The van der Waals surface area contributed by atoms with E-state index in [9.17, 15) is 14.4 Å². The highest BCUT2D eigenvalue weighted by Crippen LogP contribution is 2.00. The minimum atomic E-state index is -0.364. The van der Waals surface area contributed by atoms with Gasteiger partial charge in [0.25, 0.3) is 5.56 Å². The molecule has 9 nitrogen and oxygen atoms in total. The first-order chi connectivity index (χ1) is 11.5. The smallest absolute Gasteiger partial charge is 0.317 e. The third-order valence-electron chi connectivity index (χ3n) is 3.24. The van der Waals surface area contributed by atoms with Gasteiger partial charge in [-0.2, -0.15) is 0 Å². The number of carbonyl (C=O) groups excluding carboxylic acids is 2. The summed E-state index contributed by atoms with van der Waals surface area (Å²) in [5.74, 6) is -0.673. The van der Waals surface area contributed by atoms with E-state index < -0.39 is 0 Å². The third-order valence-corrected chi connectivity index (χ3v) is 3.24. The molecule has 2 heterocycles. The van der Waals surface area contributed by atoms with E-state index in [1.54, 1.807) is 0 Å². The Bertz CT molecular complexity index is 780. The summed E-state index contributed by atoms with van der Waals surface area (Å²) in [7, 11) is 0. The van der Waals surface area contributed by atoms with E-state index in [4.69, 9.17) is 9.47 Å². The number of H-pyrrole nitrogens is 1. The zero-order valence-electron chi connectivity index (χ0n) is 13.8. The molecule has 0 bridgehead atoms. The molecule has 0 unspecified atom stereocenters. The predicted octanol–water partition coefficient (Wildman–Crippen LogP) is 0.614. The highest BCUT2D eigenvalue weighted by atomic mass is 16.5. The summed E-state index contributed by atoms with van der Waals surface area (Å²) in [6.07, 6.45) is 4.84. The van der Waals surface area contributed by atoms with Crippen LogP contribution in [0, 0.1) is 0 Å². The van der Waals surface area contributed by atoms with Crippen LogP contribution in [-0.2, 0) is 32.5 Å². The number of fused-ring (bicyclic) bond motifs is 1. The van der Waals surface area contributed by atoms with E-state index in [0.717, 1.165) is 0 Å². The monoisotopic (exact) mass is 337 g/mol. The van der Waals surface area contributed by atoms with Crippen LogP contribution in [0.25, 0.3) is 11.0 Å². The van der Waals surface area contributed by atoms with E-state index >= 15 is 0 Å². The first kappa shape index (κ1) is 17.6. The number of carbonyl (C=O) groups is 2. The van der Waals surface area contributed by atoms with E-state index in [1.807, 2.05) is 13.8 Å². The highest BCUT2D eigenvalue weighted by molar-refractivity contribution is 5.71. The van der Waals surface area contributed by atoms with Gasteiger partial charge in [-0.3, -0.25) is 19.0 Å². The van der Waals surface area contributed by atoms with Crippen molar-refractivity contribution in [3.05, 3.63) is 22.9 Å². The second-order valence-corrected chi connectivity index (χ2v) is 5.28. The fourth-order valence-corrected chi connectivity index (χ4v) is 2.03. The van der Waals surface area contributed by atoms with Gasteiger partial charge in [-0.25, -0.2) is 4.98 Å². The maximum atomic E-state index is 12.3. The van der Waals surface area contributed by atoms with Crippen LogP contribution in [0.2, 0.25) is 0 Å². The Kier molecular flexibility index (Phi) is 6.05. The summed E-state index contributed by atoms with van der Waals surface area (Å²) in [5, 5.41) is 3.17. The molecule has 0 aliphatic rings. The lowest BCUT2D eigenvalue weighted by atomic mass is 10.3. The van der Waals surface area contributed by atoms with Crippen molar-refractivity contribution < 1.29 is 23.7 Å². The van der Waals surface area contributed by atoms with Crippen molar-refractivity contribution in [3.8, 4) is 0 Å². The minimum Gasteiger partial charge on any atom is -0.444 e. The van der Waals surface area contributed by atoms with Gasteiger partial charge in [-0.05, 0) is 12.8 Å². The van der Waals surface area contributed by atoms with Crippen LogP contribution in [0.3, 0.4) is 0 Å². The van der Waals surface area contributed by atoms with Gasteiger partial charge < -0.3 is 9.47 Å². The molecule has 0 saturated carbocycles. The molecule has 0 spiro atoms. The SMILES string of the molecule is CCCC(=O)OCn1cnc2[nH][n+](COC(=O)CCC)cc2c1=O. The Balaban J connectivity index is 2.09. The van der Waals surface area contributed by atoms with Gasteiger partial charge in [0.2, 0.25) is 11.8 Å². The fraction of sp³-hybridized carbons (Fsp3) is 0.533. The average molecular weight is 337 g/mol. The number of aromatic nitrogens is 4. The van der Waals surface area contributed by atoms with Crippen molar-refractivity contribution >= 4 is 23.0 Å². The molecule has 0 aliphatic heterocycles. The van der Waals surface area contributed by atoms with Gasteiger partial charge in [0.1, 0.15) is 6.33 Å². The number of ether oxygens (including phenoxy) is 2. The Morgan fingerprint density at radius 2 is 1.88 bits per heavy atom. The molecule has 1 N–H and O–H groups in total. The van der Waals surface area contributed by atoms with Crippen LogP contribution in [-0.4, -0.2) is 26.6 Å². The summed E-state index contributed by atoms with van der Waals surface area (Å²) in [5.41, 5.74) is 0.0156. The van der Waals surface area contributed by atoms with Crippen molar-refractivity contribution in [3.63, 3.8) is 0 Å². The molecule has 2 aromatic rings. The quantitative estimate of drug-likeness (QED) is 0.559. The lowest BCUT2D eigenvalue weighted by Crippen LogP contribution is -2.37. The molecule has 130 valence electrons. The lowest BCUT2D eigenvalue weighted by molar-refractivity contribution is -0.775. The number of nitrogens with one attached hydrogen (secondary N) is 1. The average Bonchev–Trinajstić information content (AvgIpc) is 2.97. The molecule has 2 rings (SSSR count). The zero-order chi connectivity index (χ0) is 17.5. The van der Waals surface area contributed by atoms with Crippen molar-refractivity contribution in [1.29, 1.82) is 0 Å². The van der Waals surface area contributed by atoms with Crippen LogP contribution in [0.15, 0.2) is 17.3 Å². The summed E-state index contributed by atoms with van der Waals surface area (Å²) in [6, 6.07) is 0. The molecule has 0 saturated heterocycles. The van der Waals surface area contributed by atoms with Gasteiger partial charge in [-0.15, -0.1) is 5.10 Å². The summed E-state index contributed by atoms with van der Waals surface area (Å²) >= 11 is 0. The van der Waals surface area contributed by atoms with Crippen molar-refractivity contribution in [1.82, 2.24) is 14.6 Å². The zero-order valence-corrected chi connectivity index (χ0v) is 13.8. The normalized spacial score (nSPS) is 10.8. The van der Waals surface area contributed by atoms with Crippen molar-refractivity contribution in [2.24, 2.45) is 0 Å². The number of rotatable bonds is 8. The molecule has 2 aromatic heterocycles. The first-order valence-corrected chi connectivity index (χ1v) is 7.84. The van der Waals surface area contributed by atoms with Gasteiger partial charge >= 0.3 is 18.7 Å². The third kappa shape index (κ3) is 4.40. The van der Waals surface area contributed by atoms with E-state index in [2.05, 4.69) is 10.1 Å². The van der Waals surface area contributed by atoms with Gasteiger partial charge in [0.15, 0.2) is 12.1 Å². The van der Waals surface area contributed by atoms with Crippen LogP contribution in [0.5, 0.6) is 0 Å². The maximum Gasteiger partial charge on any atom is 0.317 e. The molecule has 0 radical (unpaired) electrons. The van der Waals surface area contributed by atoms with E-state index in [-0.39, 0.29) is 31.0 Å². The molecular formula is C15H21N4O5+. The molecule has 0 aromatic carbocycles. The predicted molar refractivity (Wildman–Crippen MR) is 82.5 cm³/mol. The summed E-state index contributed by atoms with van der Waals surface area (Å²) in [6.45, 7) is 3.54. The highest BCUT2D eigenvalue weighted by Gasteiger charge is 2.15. The van der Waals surface area contributed by atoms with Gasteiger partial charge in [0, 0.05) is 12.8 Å². The van der Waals surface area contributed by atoms with Crippen molar-refractivity contribution in [2.75, 3.05) is 0 Å². The largest absolute Gasteiger partial charge is 0.444 e. The standard InChI is InChI=1S/C15H20N4O5/c1-3-5-12(20)23-9-18-8-16-14-11(15(18)22)7-19(17-14)10-24-13(21)6-4-2/h7-8H,3-6,9-10H2,1-2H3/p+1. The van der Waals surface area contributed by atoms with Crippen LogP contribution in [0.1, 0.15) is 39.5 Å². The molecule has 0 aliphatic carbocycles. The Labute approximate surface area is 138 Å². The number of hydrogen-bond acceptors (Lipinski definition) is 6. The second-order valence-electron chi connectivity index (χ2n) is 5.28. The van der Waals surface area contributed by atoms with Crippen molar-refractivity contribution in [2.45, 2.75) is 53.0 Å². The fourth-order valence-electron chi connectivity index (χ4n) is 2.03. The molecular weight excluding hydrogens is 316 g/mol. The number of nitrogens with zero attached hydrogens (tertiary/aromatic N) is 3. The maximum absolute atomic E-state index is 12.3. The second kappa shape index (κ2) is 8.23. The van der Waals surface area contributed by atoms with Gasteiger partial charge in [0.05, 0.1) is 0 Å². The Morgan fingerprint density at radius 1 is 1.21 bits per heavy atom. The molecule has 0 atom stereocenters. The topological polar surface area (TPSA) is 107 Å². The first-order valence-electron chi connectivity index (χ1n) is 7.84. The summed E-state index contributed by atoms with van der Waals surface area (Å²) < 4.78 is 12.7. The summed E-state index contributed by atoms with van der Waals surface area (Å²) in [4.78, 5) is 39.2. The van der Waals surface area contributed by atoms with E-state index in [1.165, 1.54) is 21.8 Å². The molecule has 0 amide bonds. The van der Waals surface area contributed by atoms with Crippen LogP contribution >= 0.6 is 0 Å². The molecule has 24 heavy (non-hydrogen) atoms. The Hall–Kier alpha value is -2.71. The number of esters is 2. The lowest BCUT2D eigenvalue weighted by Gasteiger charge is -2.05. The molecule has 0 fully saturated rings.